The van der Waals surface area contributed by atoms with Crippen molar-refractivity contribution in [3.8, 4) is 0 Å². The van der Waals surface area contributed by atoms with Crippen LogP contribution in [-0.4, -0.2) is 69.5 Å². The van der Waals surface area contributed by atoms with Crippen LogP contribution in [0.3, 0.4) is 0 Å². The van der Waals surface area contributed by atoms with Crippen LogP contribution in [0.5, 0.6) is 0 Å². The molecule has 0 amide bonds. The Morgan fingerprint density at radius 1 is 1.38 bits per heavy atom. The molecular formula is C16H25N4O8P. The van der Waals surface area contributed by atoms with Gasteiger partial charge in [-0.05, 0) is 20.3 Å². The fraction of sp³-hybridized carbons (Fsp3) is 0.688. The van der Waals surface area contributed by atoms with Gasteiger partial charge in [0.2, 0.25) is 0 Å². The van der Waals surface area contributed by atoms with Crippen molar-refractivity contribution < 1.29 is 34.0 Å². The third kappa shape index (κ3) is 4.29. The molecule has 3 heterocycles. The van der Waals surface area contributed by atoms with Crippen LogP contribution in [0.15, 0.2) is 17.4 Å². The van der Waals surface area contributed by atoms with Crippen LogP contribution >= 0.6 is 7.60 Å². The van der Waals surface area contributed by atoms with E-state index < -0.39 is 49.1 Å². The van der Waals surface area contributed by atoms with E-state index in [1.807, 2.05) is 0 Å². The molecule has 29 heavy (non-hydrogen) atoms. The predicted octanol–water partition coefficient (Wildman–Crippen LogP) is -0.162. The van der Waals surface area contributed by atoms with Crippen molar-refractivity contribution in [1.82, 2.24) is 19.5 Å². The Kier molecular flexibility index (Phi) is 5.98. The van der Waals surface area contributed by atoms with Crippen molar-refractivity contribution in [1.29, 1.82) is 0 Å². The third-order valence-electron chi connectivity index (χ3n) is 4.79. The first kappa shape index (κ1) is 22.0. The SMILES string of the molecule is CCC(O)P(=O)(O)OC(C)(C)C[C@H]1O[C@@H](n2cnc3c(=O)[nH]cnc32)[C@H](O)[C@@H]1O. The summed E-state index contributed by atoms with van der Waals surface area (Å²) in [6.07, 6.45) is -2.29. The summed E-state index contributed by atoms with van der Waals surface area (Å²) in [7, 11) is -4.31. The van der Waals surface area contributed by atoms with Crippen LogP contribution in [0.4, 0.5) is 0 Å². The number of H-pyrrole nitrogens is 1. The summed E-state index contributed by atoms with van der Waals surface area (Å²) in [5.41, 5.74) is -1.49. The second kappa shape index (κ2) is 7.88. The van der Waals surface area contributed by atoms with Crippen LogP contribution in [0.25, 0.3) is 11.2 Å². The van der Waals surface area contributed by atoms with Gasteiger partial charge < -0.3 is 34.5 Å². The topological polar surface area (TPSA) is 180 Å². The summed E-state index contributed by atoms with van der Waals surface area (Å²) in [4.78, 5) is 32.1. The Morgan fingerprint density at radius 3 is 2.72 bits per heavy atom. The molecule has 0 aliphatic carbocycles. The molecule has 1 saturated heterocycles. The van der Waals surface area contributed by atoms with E-state index >= 15 is 0 Å². The average molecular weight is 432 g/mol. The van der Waals surface area contributed by atoms with Crippen LogP contribution in [-0.2, 0) is 13.8 Å². The monoisotopic (exact) mass is 432 g/mol. The number of nitrogens with one attached hydrogen (secondary N) is 1. The van der Waals surface area contributed by atoms with Crippen molar-refractivity contribution >= 4 is 18.8 Å². The minimum Gasteiger partial charge on any atom is -0.388 e. The molecule has 1 aliphatic rings. The lowest BCUT2D eigenvalue weighted by Gasteiger charge is -2.32. The molecule has 0 bridgehead atoms. The van der Waals surface area contributed by atoms with Crippen LogP contribution in [0.1, 0.15) is 39.8 Å². The molecule has 0 aromatic carbocycles. The average Bonchev–Trinajstić information content (AvgIpc) is 3.17. The maximum absolute atomic E-state index is 12.2. The van der Waals surface area contributed by atoms with Gasteiger partial charge in [-0.25, -0.2) is 9.97 Å². The summed E-state index contributed by atoms with van der Waals surface area (Å²) in [6, 6.07) is 0. The molecule has 2 aromatic rings. The molecule has 2 unspecified atom stereocenters. The van der Waals surface area contributed by atoms with Gasteiger partial charge in [-0.1, -0.05) is 6.92 Å². The van der Waals surface area contributed by atoms with E-state index in [4.69, 9.17) is 9.26 Å². The quantitative estimate of drug-likeness (QED) is 0.369. The number of hydrogen-bond donors (Lipinski definition) is 5. The van der Waals surface area contributed by atoms with Gasteiger partial charge in [-0.15, -0.1) is 0 Å². The first-order valence-electron chi connectivity index (χ1n) is 9.10. The van der Waals surface area contributed by atoms with E-state index in [2.05, 4.69) is 15.0 Å². The number of aliphatic hydroxyl groups excluding tert-OH is 3. The van der Waals surface area contributed by atoms with Crippen molar-refractivity contribution in [2.45, 2.75) is 69.6 Å². The van der Waals surface area contributed by atoms with E-state index in [0.717, 1.165) is 0 Å². The highest BCUT2D eigenvalue weighted by Crippen LogP contribution is 2.52. The van der Waals surface area contributed by atoms with Crippen LogP contribution < -0.4 is 5.56 Å². The number of fused-ring (bicyclic) bond motifs is 1. The maximum atomic E-state index is 12.2. The number of hydrogen-bond acceptors (Lipinski definition) is 9. The zero-order valence-corrected chi connectivity index (χ0v) is 17.1. The summed E-state index contributed by atoms with van der Waals surface area (Å²) in [5.74, 6) is -1.53. The normalized spacial score (nSPS) is 28.5. The molecule has 6 atom stereocenters. The van der Waals surface area contributed by atoms with Crippen molar-refractivity contribution in [3.05, 3.63) is 23.0 Å². The fourth-order valence-electron chi connectivity index (χ4n) is 3.34. The second-order valence-electron chi connectivity index (χ2n) is 7.61. The Hall–Kier alpha value is -1.66. The highest BCUT2D eigenvalue weighted by Gasteiger charge is 2.47. The highest BCUT2D eigenvalue weighted by molar-refractivity contribution is 7.53. The largest absolute Gasteiger partial charge is 0.388 e. The van der Waals surface area contributed by atoms with Gasteiger partial charge in [0.05, 0.1) is 24.4 Å². The Balaban J connectivity index is 1.79. The van der Waals surface area contributed by atoms with Gasteiger partial charge in [-0.3, -0.25) is 13.9 Å². The smallest absolute Gasteiger partial charge is 0.356 e. The molecule has 13 heteroatoms. The zero-order chi connectivity index (χ0) is 21.6. The Labute approximate surface area is 165 Å². The van der Waals surface area contributed by atoms with Crippen molar-refractivity contribution in [3.63, 3.8) is 0 Å². The highest BCUT2D eigenvalue weighted by atomic mass is 31.2. The molecule has 3 rings (SSSR count). The number of rotatable bonds is 7. The van der Waals surface area contributed by atoms with E-state index in [0.29, 0.717) is 0 Å². The molecule has 0 spiro atoms. The minimum atomic E-state index is -4.31. The first-order valence-corrected chi connectivity index (χ1v) is 10.7. The van der Waals surface area contributed by atoms with Crippen LogP contribution in [0.2, 0.25) is 0 Å². The number of aromatic amines is 1. The van der Waals surface area contributed by atoms with Gasteiger partial charge in [-0.2, -0.15) is 0 Å². The van der Waals surface area contributed by atoms with Crippen molar-refractivity contribution in [2.75, 3.05) is 0 Å². The lowest BCUT2D eigenvalue weighted by molar-refractivity contribution is -0.0617. The molecule has 0 saturated carbocycles. The predicted molar refractivity (Wildman–Crippen MR) is 100.0 cm³/mol. The number of imidazole rings is 1. The van der Waals surface area contributed by atoms with Crippen LogP contribution in [0, 0.1) is 0 Å². The molecule has 1 fully saturated rings. The van der Waals surface area contributed by atoms with Gasteiger partial charge in [0.1, 0.15) is 12.2 Å². The number of aromatic nitrogens is 4. The van der Waals surface area contributed by atoms with E-state index in [-0.39, 0.29) is 24.0 Å². The number of aliphatic hydroxyl groups is 3. The molecular weight excluding hydrogens is 407 g/mol. The lowest BCUT2D eigenvalue weighted by Crippen LogP contribution is -2.37. The van der Waals surface area contributed by atoms with E-state index in [1.54, 1.807) is 6.92 Å². The second-order valence-corrected chi connectivity index (χ2v) is 9.52. The standard InChI is InChI=1S/C16H25N4O8P/c1-4-9(21)29(25,26)28-16(2,3)5-8-11(22)12(23)15(27-8)20-7-19-10-13(20)17-6-18-14(10)24/h6-9,11-12,15,21-23H,4-5H2,1-3H3,(H,25,26)(H,17,18,24)/t8-,9?,11-,12-,15-/m1/s1. The van der Waals surface area contributed by atoms with Gasteiger partial charge in [0, 0.05) is 6.42 Å². The summed E-state index contributed by atoms with van der Waals surface area (Å²) in [5, 5.41) is 30.6. The van der Waals surface area contributed by atoms with Gasteiger partial charge >= 0.3 is 7.60 Å². The Bertz CT molecular complexity index is 975. The lowest BCUT2D eigenvalue weighted by atomic mass is 9.97. The molecule has 5 N–H and O–H groups in total. The number of nitrogens with zero attached hydrogens (tertiary/aromatic N) is 3. The minimum absolute atomic E-state index is 0.0348. The van der Waals surface area contributed by atoms with Crippen molar-refractivity contribution in [2.24, 2.45) is 0 Å². The maximum Gasteiger partial charge on any atom is 0.356 e. The molecule has 2 aromatic heterocycles. The fourth-order valence-corrected chi connectivity index (χ4v) is 4.71. The number of ether oxygens (including phenoxy) is 1. The van der Waals surface area contributed by atoms with Gasteiger partial charge in [0.15, 0.2) is 23.2 Å². The molecule has 0 radical (unpaired) electrons. The molecule has 1 aliphatic heterocycles. The Morgan fingerprint density at radius 2 is 2.07 bits per heavy atom. The van der Waals surface area contributed by atoms with E-state index in [1.165, 1.54) is 31.1 Å². The molecule has 12 nitrogen and oxygen atoms in total. The molecule has 162 valence electrons. The third-order valence-corrected chi connectivity index (χ3v) is 6.66. The zero-order valence-electron chi connectivity index (χ0n) is 16.2. The van der Waals surface area contributed by atoms with E-state index in [9.17, 15) is 29.6 Å². The summed E-state index contributed by atoms with van der Waals surface area (Å²) < 4.78 is 24.5. The summed E-state index contributed by atoms with van der Waals surface area (Å²) in [6.45, 7) is 4.58. The van der Waals surface area contributed by atoms with Gasteiger partial charge in [0.25, 0.3) is 5.56 Å². The first-order chi connectivity index (χ1) is 13.5. The summed E-state index contributed by atoms with van der Waals surface area (Å²) >= 11 is 0.